The van der Waals surface area contributed by atoms with E-state index in [1.807, 2.05) is 30.3 Å². The van der Waals surface area contributed by atoms with Crippen LogP contribution in [0.1, 0.15) is 34.9 Å². The van der Waals surface area contributed by atoms with Crippen LogP contribution in [0.25, 0.3) is 0 Å². The Morgan fingerprint density at radius 1 is 1.17 bits per heavy atom. The molecule has 0 saturated carbocycles. The van der Waals surface area contributed by atoms with Gasteiger partial charge in [-0.15, -0.1) is 0 Å². The van der Waals surface area contributed by atoms with Crippen LogP contribution < -0.4 is 0 Å². The Labute approximate surface area is 105 Å². The summed E-state index contributed by atoms with van der Waals surface area (Å²) in [4.78, 5) is 22.7. The molecule has 92 valence electrons. The van der Waals surface area contributed by atoms with Gasteiger partial charge in [-0.05, 0) is 23.6 Å². The van der Waals surface area contributed by atoms with Crippen molar-refractivity contribution in [3.63, 3.8) is 0 Å². The molecule has 0 aliphatic heterocycles. The third-order valence-corrected chi connectivity index (χ3v) is 2.88. The summed E-state index contributed by atoms with van der Waals surface area (Å²) in [6.07, 6.45) is 2.96. The van der Waals surface area contributed by atoms with Crippen LogP contribution in [0.4, 0.5) is 0 Å². The predicted molar refractivity (Wildman–Crippen MR) is 67.5 cm³/mol. The first-order chi connectivity index (χ1) is 8.81. The van der Waals surface area contributed by atoms with Crippen LogP contribution >= 0.6 is 0 Å². The highest BCUT2D eigenvalue weighted by molar-refractivity contribution is 5.94. The van der Waals surface area contributed by atoms with Gasteiger partial charge in [-0.3, -0.25) is 4.79 Å². The lowest BCUT2D eigenvalue weighted by Gasteiger charge is -2.12. The van der Waals surface area contributed by atoms with Gasteiger partial charge in [-0.1, -0.05) is 30.3 Å². The van der Waals surface area contributed by atoms with Crippen LogP contribution in [0.5, 0.6) is 0 Å². The fourth-order valence-electron chi connectivity index (χ4n) is 1.94. The Bertz CT molecular complexity index is 500. The first-order valence-electron chi connectivity index (χ1n) is 5.86. The molecule has 0 amide bonds. The Morgan fingerprint density at radius 2 is 1.94 bits per heavy atom. The molecule has 2 rings (SSSR count). The van der Waals surface area contributed by atoms with Crippen LogP contribution in [-0.4, -0.2) is 12.1 Å². The number of aldehydes is 1. The minimum absolute atomic E-state index is 0.0734. The third kappa shape index (κ3) is 2.94. The molecule has 0 N–H and O–H groups in total. The number of carbonyl (C=O) groups excluding carboxylic acids is 2. The molecule has 0 radical (unpaired) electrons. The van der Waals surface area contributed by atoms with E-state index in [9.17, 15) is 9.59 Å². The second kappa shape index (κ2) is 5.96. The zero-order valence-corrected chi connectivity index (χ0v) is 9.91. The number of hydrogen-bond acceptors (Lipinski definition) is 3. The average Bonchev–Trinajstić information content (AvgIpc) is 2.93. The van der Waals surface area contributed by atoms with E-state index >= 15 is 0 Å². The van der Waals surface area contributed by atoms with E-state index < -0.39 is 0 Å². The molecule has 0 aliphatic rings. The van der Waals surface area contributed by atoms with Gasteiger partial charge < -0.3 is 9.21 Å². The van der Waals surface area contributed by atoms with Crippen LogP contribution in [0.15, 0.2) is 53.1 Å². The molecule has 3 nitrogen and oxygen atoms in total. The highest BCUT2D eigenvalue weighted by atomic mass is 16.3. The van der Waals surface area contributed by atoms with Crippen LogP contribution in [0, 0.1) is 0 Å². The molecule has 0 aliphatic carbocycles. The first-order valence-corrected chi connectivity index (χ1v) is 5.86. The zero-order valence-electron chi connectivity index (χ0n) is 9.91. The molecular weight excluding hydrogens is 228 g/mol. The van der Waals surface area contributed by atoms with Gasteiger partial charge >= 0.3 is 0 Å². The summed E-state index contributed by atoms with van der Waals surface area (Å²) in [5.41, 5.74) is 1.00. The average molecular weight is 242 g/mol. The zero-order chi connectivity index (χ0) is 12.8. The van der Waals surface area contributed by atoms with E-state index in [1.54, 1.807) is 12.1 Å². The largest absolute Gasteiger partial charge is 0.461 e. The van der Waals surface area contributed by atoms with Crippen molar-refractivity contribution >= 4 is 12.1 Å². The van der Waals surface area contributed by atoms with E-state index in [-0.39, 0.29) is 18.1 Å². The summed E-state index contributed by atoms with van der Waals surface area (Å²) >= 11 is 0. The second-order valence-electron chi connectivity index (χ2n) is 4.11. The third-order valence-electron chi connectivity index (χ3n) is 2.88. The lowest BCUT2D eigenvalue weighted by atomic mass is 9.91. The Hall–Kier alpha value is -2.16. The number of hydrogen-bond donors (Lipinski definition) is 0. The number of rotatable bonds is 6. The monoisotopic (exact) mass is 242 g/mol. The molecule has 1 aromatic carbocycles. The minimum Gasteiger partial charge on any atom is -0.461 e. The van der Waals surface area contributed by atoms with Gasteiger partial charge in [0.15, 0.2) is 11.5 Å². The van der Waals surface area contributed by atoms with Crippen molar-refractivity contribution in [1.29, 1.82) is 0 Å². The highest BCUT2D eigenvalue weighted by Crippen LogP contribution is 2.24. The van der Waals surface area contributed by atoms with Crippen LogP contribution in [0.2, 0.25) is 0 Å². The van der Waals surface area contributed by atoms with Crippen molar-refractivity contribution in [2.24, 2.45) is 0 Å². The van der Waals surface area contributed by atoms with Crippen molar-refractivity contribution in [1.82, 2.24) is 0 Å². The van der Waals surface area contributed by atoms with Crippen LogP contribution in [0.3, 0.4) is 0 Å². The van der Waals surface area contributed by atoms with Gasteiger partial charge in [0, 0.05) is 12.8 Å². The van der Waals surface area contributed by atoms with Crippen molar-refractivity contribution in [3.8, 4) is 0 Å². The molecule has 1 heterocycles. The summed E-state index contributed by atoms with van der Waals surface area (Å²) in [7, 11) is 0. The highest BCUT2D eigenvalue weighted by Gasteiger charge is 2.18. The Morgan fingerprint density at radius 3 is 2.56 bits per heavy atom. The van der Waals surface area contributed by atoms with E-state index in [2.05, 4.69) is 0 Å². The Balaban J connectivity index is 2.12. The van der Waals surface area contributed by atoms with E-state index in [4.69, 9.17) is 4.42 Å². The van der Waals surface area contributed by atoms with Gasteiger partial charge in [-0.25, -0.2) is 0 Å². The first kappa shape index (κ1) is 12.3. The second-order valence-corrected chi connectivity index (χ2v) is 4.11. The quantitative estimate of drug-likeness (QED) is 0.577. The maximum Gasteiger partial charge on any atom is 0.198 e. The summed E-state index contributed by atoms with van der Waals surface area (Å²) < 4.78 is 5.07. The molecular formula is C15H14O3. The maximum atomic E-state index is 12.0. The number of Topliss-reactive ketones (excluding diaryl/α,β-unsaturated/α-hetero) is 1. The predicted octanol–water partition coefficient (Wildman–Crippen LogP) is 3.23. The molecule has 1 aromatic heterocycles. The molecule has 1 atom stereocenters. The Kier molecular flexibility index (Phi) is 4.07. The number of ketones is 1. The van der Waals surface area contributed by atoms with E-state index in [0.717, 1.165) is 11.8 Å². The standard InChI is InChI=1S/C15H14O3/c16-9-8-13(12-5-2-1-3-6-12)11-14(17)15-7-4-10-18-15/h1-7,9-10,13H,8,11H2. The molecule has 0 fully saturated rings. The number of carbonyl (C=O) groups is 2. The van der Waals surface area contributed by atoms with Crippen molar-refractivity contribution in [3.05, 3.63) is 60.1 Å². The van der Waals surface area contributed by atoms with Gasteiger partial charge in [0.05, 0.1) is 6.26 Å². The minimum atomic E-state index is -0.0821. The summed E-state index contributed by atoms with van der Waals surface area (Å²) in [6.45, 7) is 0. The number of benzene rings is 1. The molecule has 1 unspecified atom stereocenters. The fourth-order valence-corrected chi connectivity index (χ4v) is 1.94. The van der Waals surface area contributed by atoms with E-state index in [1.165, 1.54) is 6.26 Å². The van der Waals surface area contributed by atoms with Gasteiger partial charge in [0.25, 0.3) is 0 Å². The maximum absolute atomic E-state index is 12.0. The molecule has 18 heavy (non-hydrogen) atoms. The normalized spacial score (nSPS) is 12.0. The van der Waals surface area contributed by atoms with Gasteiger partial charge in [0.2, 0.25) is 0 Å². The van der Waals surface area contributed by atoms with Crippen molar-refractivity contribution in [2.45, 2.75) is 18.8 Å². The smallest absolute Gasteiger partial charge is 0.198 e. The number of furan rings is 1. The SMILES string of the molecule is O=CCC(CC(=O)c1ccco1)c1ccccc1. The summed E-state index contributed by atoms with van der Waals surface area (Å²) in [5, 5.41) is 0. The molecule has 0 bridgehead atoms. The molecule has 2 aromatic rings. The lowest BCUT2D eigenvalue weighted by Crippen LogP contribution is -2.07. The topological polar surface area (TPSA) is 47.3 Å². The molecule has 0 spiro atoms. The fraction of sp³-hybridized carbons (Fsp3) is 0.200. The molecule has 0 saturated heterocycles. The van der Waals surface area contributed by atoms with E-state index in [0.29, 0.717) is 12.2 Å². The lowest BCUT2D eigenvalue weighted by molar-refractivity contribution is -0.108. The summed E-state index contributed by atoms with van der Waals surface area (Å²) in [6, 6.07) is 12.9. The summed E-state index contributed by atoms with van der Waals surface area (Å²) in [5.74, 6) is 0.193. The van der Waals surface area contributed by atoms with Crippen molar-refractivity contribution in [2.75, 3.05) is 0 Å². The van der Waals surface area contributed by atoms with Crippen molar-refractivity contribution < 1.29 is 14.0 Å². The van der Waals surface area contributed by atoms with Gasteiger partial charge in [0.1, 0.15) is 6.29 Å². The molecule has 3 heteroatoms. The van der Waals surface area contributed by atoms with Crippen LogP contribution in [-0.2, 0) is 4.79 Å². The van der Waals surface area contributed by atoms with Gasteiger partial charge in [-0.2, -0.15) is 0 Å².